The average Bonchev–Trinajstić information content (AvgIpc) is 3.52. The van der Waals surface area contributed by atoms with Crippen LogP contribution in [-0.2, 0) is 4.79 Å². The fourth-order valence-corrected chi connectivity index (χ4v) is 4.93. The maximum absolute atomic E-state index is 14.0. The lowest BCUT2D eigenvalue weighted by Gasteiger charge is -2.42. The molecule has 0 radical (unpaired) electrons. The highest BCUT2D eigenvalue weighted by atomic mass is 19.3. The third-order valence-corrected chi connectivity index (χ3v) is 6.09. The van der Waals surface area contributed by atoms with Crippen molar-refractivity contribution in [1.82, 2.24) is 4.90 Å². The predicted octanol–water partition coefficient (Wildman–Crippen LogP) is 1.58. The second kappa shape index (κ2) is 6.23. The molecule has 0 saturated heterocycles. The topological polar surface area (TPSA) is 92.6 Å². The van der Waals surface area contributed by atoms with Crippen LogP contribution in [0.4, 0.5) is 17.6 Å². The lowest BCUT2D eigenvalue weighted by molar-refractivity contribution is -0.141. The maximum atomic E-state index is 14.0. The van der Waals surface area contributed by atoms with E-state index in [9.17, 15) is 27.5 Å². The van der Waals surface area contributed by atoms with Gasteiger partial charge in [0.05, 0.1) is 17.6 Å². The first-order chi connectivity index (χ1) is 13.2. The van der Waals surface area contributed by atoms with Crippen molar-refractivity contribution in [2.45, 2.75) is 18.4 Å². The van der Waals surface area contributed by atoms with Gasteiger partial charge in [0.2, 0.25) is 5.91 Å². The van der Waals surface area contributed by atoms with E-state index in [-0.39, 0.29) is 34.7 Å². The van der Waals surface area contributed by atoms with Gasteiger partial charge < -0.3 is 21.5 Å². The zero-order valence-corrected chi connectivity index (χ0v) is 14.7. The summed E-state index contributed by atoms with van der Waals surface area (Å²) in [6.45, 7) is -1.74. The zero-order valence-electron chi connectivity index (χ0n) is 14.7. The largest absolute Gasteiger partial charge is 0.400 e. The van der Waals surface area contributed by atoms with E-state index in [1.165, 1.54) is 12.1 Å². The SMILES string of the molecule is NC1=C(/C=C(\N)c2c(F)cccc2F)CC2C3C2C13N(CC(F)F)C(=O)CO. The number of rotatable bonds is 6. The fraction of sp³-hybridized carbons (Fsp3) is 0.421. The number of nitrogens with zero attached hydrogens (tertiary/aromatic N) is 1. The van der Waals surface area contributed by atoms with Gasteiger partial charge in [-0.25, -0.2) is 17.6 Å². The quantitative estimate of drug-likeness (QED) is 0.636. The molecule has 5 nitrogen and oxygen atoms in total. The third-order valence-electron chi connectivity index (χ3n) is 6.09. The van der Waals surface area contributed by atoms with Crippen LogP contribution in [0.25, 0.3) is 5.70 Å². The molecule has 2 fully saturated rings. The lowest BCUT2D eigenvalue weighted by atomic mass is 9.79. The minimum absolute atomic E-state index is 0.0229. The van der Waals surface area contributed by atoms with Crippen molar-refractivity contribution in [3.8, 4) is 0 Å². The van der Waals surface area contributed by atoms with Gasteiger partial charge >= 0.3 is 0 Å². The molecule has 150 valence electrons. The van der Waals surface area contributed by atoms with E-state index >= 15 is 0 Å². The van der Waals surface area contributed by atoms with E-state index in [1.54, 1.807) is 0 Å². The molecule has 1 aromatic rings. The van der Waals surface area contributed by atoms with E-state index in [4.69, 9.17) is 11.5 Å². The highest BCUT2D eigenvalue weighted by molar-refractivity contribution is 5.81. The summed E-state index contributed by atoms with van der Waals surface area (Å²) in [4.78, 5) is 13.1. The molecule has 1 aromatic carbocycles. The second-order valence-corrected chi connectivity index (χ2v) is 7.43. The fourth-order valence-electron chi connectivity index (χ4n) is 4.93. The summed E-state index contributed by atoms with van der Waals surface area (Å²) in [5, 5.41) is 9.19. The smallest absolute Gasteiger partial charge is 0.255 e. The Labute approximate surface area is 158 Å². The zero-order chi connectivity index (χ0) is 20.4. The highest BCUT2D eigenvalue weighted by Crippen LogP contribution is 2.83. The number of allylic oxidation sites excluding steroid dienone is 2. The first kappa shape index (κ1) is 18.8. The third kappa shape index (κ3) is 2.45. The molecule has 4 aliphatic carbocycles. The summed E-state index contributed by atoms with van der Waals surface area (Å²) in [6, 6.07) is 3.36. The molecular formula is C19H19F4N3O2. The summed E-state index contributed by atoms with van der Waals surface area (Å²) in [5.41, 5.74) is 11.2. The van der Waals surface area contributed by atoms with Crippen molar-refractivity contribution in [1.29, 1.82) is 0 Å². The molecule has 0 aliphatic heterocycles. The van der Waals surface area contributed by atoms with Gasteiger partial charge in [0, 0.05) is 11.4 Å². The van der Waals surface area contributed by atoms with E-state index in [1.807, 2.05) is 0 Å². The Hall–Kier alpha value is -2.55. The standard InChI is InChI=1S/C19H19F4N3O2/c20-10-2-1-3-11(21)15(10)12(24)5-8-4-9-16-17(9)19(16,18(8)25)26(6-13(22)23)14(28)7-27/h1-3,5,9,13,16-17,27H,4,6-7,24-25H2/b12-5-. The van der Waals surface area contributed by atoms with Crippen LogP contribution < -0.4 is 11.5 Å². The Bertz CT molecular complexity index is 884. The van der Waals surface area contributed by atoms with E-state index in [2.05, 4.69) is 0 Å². The summed E-state index contributed by atoms with van der Waals surface area (Å²) in [6.07, 6.45) is -0.940. The van der Waals surface area contributed by atoms with Crippen LogP contribution >= 0.6 is 0 Å². The molecular weight excluding hydrogens is 378 g/mol. The van der Waals surface area contributed by atoms with Crippen molar-refractivity contribution in [3.63, 3.8) is 0 Å². The minimum atomic E-state index is -2.78. The number of nitrogens with two attached hydrogens (primary N) is 2. The van der Waals surface area contributed by atoms with E-state index < -0.39 is 42.7 Å². The molecule has 28 heavy (non-hydrogen) atoms. The van der Waals surface area contributed by atoms with E-state index in [0.29, 0.717) is 12.0 Å². The average molecular weight is 397 g/mol. The summed E-state index contributed by atoms with van der Waals surface area (Å²) >= 11 is 0. The van der Waals surface area contributed by atoms with Gasteiger partial charge in [-0.1, -0.05) is 6.07 Å². The van der Waals surface area contributed by atoms with Gasteiger partial charge in [0.25, 0.3) is 6.43 Å². The van der Waals surface area contributed by atoms with Gasteiger partial charge in [-0.3, -0.25) is 4.79 Å². The van der Waals surface area contributed by atoms with Gasteiger partial charge in [-0.2, -0.15) is 0 Å². The normalized spacial score (nSPS) is 30.4. The first-order valence-electron chi connectivity index (χ1n) is 8.85. The second-order valence-electron chi connectivity index (χ2n) is 7.43. The number of benzene rings is 1. The van der Waals surface area contributed by atoms with Gasteiger partial charge in [-0.15, -0.1) is 0 Å². The van der Waals surface area contributed by atoms with Crippen LogP contribution in [0.1, 0.15) is 12.0 Å². The number of alkyl halides is 2. The first-order valence-corrected chi connectivity index (χ1v) is 8.85. The van der Waals surface area contributed by atoms with E-state index in [0.717, 1.165) is 17.0 Å². The number of hydrogen-bond acceptors (Lipinski definition) is 4. The van der Waals surface area contributed by atoms with Crippen molar-refractivity contribution in [2.24, 2.45) is 29.2 Å². The monoisotopic (exact) mass is 397 g/mol. The molecule has 2 saturated carbocycles. The van der Waals surface area contributed by atoms with Crippen LogP contribution in [0.2, 0.25) is 0 Å². The van der Waals surface area contributed by atoms with Crippen LogP contribution in [0.15, 0.2) is 35.5 Å². The number of fused-ring (bicyclic) bond motifs is 1. The highest BCUT2D eigenvalue weighted by Gasteiger charge is 2.89. The molecule has 2 atom stereocenters. The van der Waals surface area contributed by atoms with Crippen LogP contribution in [0.3, 0.4) is 0 Å². The molecule has 9 heteroatoms. The Balaban J connectivity index is 1.72. The minimum Gasteiger partial charge on any atom is -0.400 e. The molecule has 0 aromatic heterocycles. The molecule has 4 aliphatic rings. The maximum Gasteiger partial charge on any atom is 0.255 e. The van der Waals surface area contributed by atoms with Gasteiger partial charge in [-0.05, 0) is 48.0 Å². The van der Waals surface area contributed by atoms with Crippen molar-refractivity contribution >= 4 is 11.6 Å². The number of amides is 1. The Morgan fingerprint density at radius 2 is 1.93 bits per heavy atom. The van der Waals surface area contributed by atoms with Crippen molar-refractivity contribution in [3.05, 3.63) is 52.7 Å². The molecule has 2 unspecified atom stereocenters. The summed E-state index contributed by atoms with van der Waals surface area (Å²) in [5.74, 6) is -2.38. The van der Waals surface area contributed by atoms with Crippen LogP contribution in [-0.4, -0.2) is 41.0 Å². The number of aliphatic hydroxyl groups is 1. The number of carbonyl (C=O) groups is 1. The number of halogens is 4. The summed E-state index contributed by atoms with van der Waals surface area (Å²) < 4.78 is 54.0. The molecule has 5 rings (SSSR count). The predicted molar refractivity (Wildman–Crippen MR) is 92.4 cm³/mol. The van der Waals surface area contributed by atoms with Crippen molar-refractivity contribution < 1.29 is 27.5 Å². The molecule has 5 N–H and O–H groups in total. The Morgan fingerprint density at radius 1 is 1.32 bits per heavy atom. The molecule has 0 heterocycles. The number of carbonyl (C=O) groups excluding carboxylic acids is 1. The van der Waals surface area contributed by atoms with Crippen LogP contribution in [0.5, 0.6) is 0 Å². The number of aliphatic hydroxyl groups excluding tert-OH is 1. The molecule has 0 spiro atoms. The molecule has 2 bridgehead atoms. The Kier molecular flexibility index (Phi) is 4.18. The number of hydrogen-bond donors (Lipinski definition) is 3. The van der Waals surface area contributed by atoms with Crippen LogP contribution in [0, 0.1) is 29.4 Å². The molecule has 1 amide bonds. The lowest BCUT2D eigenvalue weighted by Crippen LogP contribution is -2.56. The van der Waals surface area contributed by atoms with Gasteiger partial charge in [0.1, 0.15) is 18.2 Å². The summed E-state index contributed by atoms with van der Waals surface area (Å²) in [7, 11) is 0. The van der Waals surface area contributed by atoms with Crippen molar-refractivity contribution in [2.75, 3.05) is 13.2 Å². The Morgan fingerprint density at radius 3 is 2.46 bits per heavy atom. The van der Waals surface area contributed by atoms with Gasteiger partial charge in [0.15, 0.2) is 0 Å².